The summed E-state index contributed by atoms with van der Waals surface area (Å²) < 4.78 is 11.6. The summed E-state index contributed by atoms with van der Waals surface area (Å²) >= 11 is 0. The van der Waals surface area contributed by atoms with E-state index in [-0.39, 0.29) is 0 Å². The number of halogens is 1. The van der Waals surface area contributed by atoms with Gasteiger partial charge in [0, 0.05) is 0 Å². The number of aliphatic hydroxyl groups excluding tert-OH is 1. The average Bonchev–Trinajstić information content (AvgIpc) is 1.89. The lowest BCUT2D eigenvalue weighted by Gasteiger charge is -2.02. The highest BCUT2D eigenvalue weighted by atomic mass is 19.1. The van der Waals surface area contributed by atoms with Crippen molar-refractivity contribution in [1.82, 2.24) is 0 Å². The van der Waals surface area contributed by atoms with Crippen molar-refractivity contribution in [2.75, 3.05) is 6.67 Å². The molecule has 1 nitrogen and oxygen atoms in total. The first-order valence-corrected chi connectivity index (χ1v) is 3.55. The highest BCUT2D eigenvalue weighted by Crippen LogP contribution is 2.02. The Morgan fingerprint density at radius 3 is 2.56 bits per heavy atom. The Balaban J connectivity index is 2.88. The molecule has 0 saturated heterocycles. The maximum Gasteiger partial charge on any atom is 0.115 e. The third-order valence-electron chi connectivity index (χ3n) is 1.32. The summed E-state index contributed by atoms with van der Waals surface area (Å²) in [4.78, 5) is 0. The normalized spacial score (nSPS) is 13.7. The van der Waals surface area contributed by atoms with Gasteiger partial charge in [-0.3, -0.25) is 0 Å². The van der Waals surface area contributed by atoms with Crippen molar-refractivity contribution in [2.24, 2.45) is 0 Å². The van der Waals surface area contributed by atoms with Crippen LogP contribution in [0.1, 0.15) is 32.6 Å². The molecule has 1 atom stereocenters. The van der Waals surface area contributed by atoms with Crippen molar-refractivity contribution in [1.29, 1.82) is 0 Å². The maximum absolute atomic E-state index is 11.6. The largest absolute Gasteiger partial charge is 0.390 e. The predicted molar refractivity (Wildman–Crippen MR) is 36.1 cm³/mol. The molecule has 0 spiro atoms. The molecule has 0 radical (unpaired) electrons. The second kappa shape index (κ2) is 6.02. The van der Waals surface area contributed by atoms with Crippen molar-refractivity contribution >= 4 is 0 Å². The molecule has 1 N–H and O–H groups in total. The molecular weight excluding hydrogens is 119 g/mol. The second-order valence-corrected chi connectivity index (χ2v) is 2.30. The zero-order valence-corrected chi connectivity index (χ0v) is 5.94. The van der Waals surface area contributed by atoms with Gasteiger partial charge in [-0.25, -0.2) is 4.39 Å². The summed E-state index contributed by atoms with van der Waals surface area (Å²) in [6.07, 6.45) is 3.07. The Bertz CT molecular complexity index is 56.9. The van der Waals surface area contributed by atoms with Gasteiger partial charge in [-0.2, -0.15) is 0 Å². The van der Waals surface area contributed by atoms with E-state index in [9.17, 15) is 4.39 Å². The predicted octanol–water partition coefficient (Wildman–Crippen LogP) is 1.90. The molecule has 2 heteroatoms. The van der Waals surface area contributed by atoms with Crippen molar-refractivity contribution in [2.45, 2.75) is 38.7 Å². The first-order chi connectivity index (χ1) is 4.31. The summed E-state index contributed by atoms with van der Waals surface area (Å²) in [5.41, 5.74) is 0. The van der Waals surface area contributed by atoms with Crippen molar-refractivity contribution in [3.63, 3.8) is 0 Å². The summed E-state index contributed by atoms with van der Waals surface area (Å²) in [6.45, 7) is 1.49. The topological polar surface area (TPSA) is 20.2 Å². The zero-order chi connectivity index (χ0) is 7.11. The van der Waals surface area contributed by atoms with E-state index in [4.69, 9.17) is 5.11 Å². The minimum Gasteiger partial charge on any atom is -0.390 e. The number of hydrogen-bond acceptors (Lipinski definition) is 1. The Kier molecular flexibility index (Phi) is 5.94. The molecule has 0 aliphatic rings. The molecule has 0 aromatic carbocycles. The maximum atomic E-state index is 11.6. The number of alkyl halides is 1. The van der Waals surface area contributed by atoms with Crippen LogP contribution >= 0.6 is 0 Å². The van der Waals surface area contributed by atoms with Crippen LogP contribution in [0, 0.1) is 0 Å². The molecule has 0 fully saturated rings. The fraction of sp³-hybridized carbons (Fsp3) is 1.00. The highest BCUT2D eigenvalue weighted by molar-refractivity contribution is 4.51. The number of unbranched alkanes of at least 4 members (excludes halogenated alkanes) is 2. The van der Waals surface area contributed by atoms with Crippen LogP contribution in [0.5, 0.6) is 0 Å². The van der Waals surface area contributed by atoms with Gasteiger partial charge < -0.3 is 5.11 Å². The fourth-order valence-electron chi connectivity index (χ4n) is 0.707. The molecule has 9 heavy (non-hydrogen) atoms. The lowest BCUT2D eigenvalue weighted by Crippen LogP contribution is -2.07. The smallest absolute Gasteiger partial charge is 0.115 e. The van der Waals surface area contributed by atoms with Gasteiger partial charge in [0.1, 0.15) is 6.67 Å². The van der Waals surface area contributed by atoms with Gasteiger partial charge in [-0.05, 0) is 6.42 Å². The average molecular weight is 134 g/mol. The van der Waals surface area contributed by atoms with E-state index >= 15 is 0 Å². The molecular formula is C7H15FO. The Labute approximate surface area is 55.9 Å². The van der Waals surface area contributed by atoms with Gasteiger partial charge in [0.2, 0.25) is 0 Å². The number of hydrogen-bond donors (Lipinski definition) is 1. The van der Waals surface area contributed by atoms with Gasteiger partial charge in [0.25, 0.3) is 0 Å². The van der Waals surface area contributed by atoms with Gasteiger partial charge in [-0.1, -0.05) is 26.2 Å². The number of aliphatic hydroxyl groups is 1. The van der Waals surface area contributed by atoms with E-state index in [1.807, 2.05) is 0 Å². The first-order valence-electron chi connectivity index (χ1n) is 3.55. The first kappa shape index (κ1) is 8.89. The summed E-state index contributed by atoms with van der Waals surface area (Å²) in [6, 6.07) is 0. The molecule has 0 aliphatic carbocycles. The van der Waals surface area contributed by atoms with E-state index in [2.05, 4.69) is 6.92 Å². The van der Waals surface area contributed by atoms with E-state index in [1.54, 1.807) is 0 Å². The van der Waals surface area contributed by atoms with Crippen LogP contribution in [0.3, 0.4) is 0 Å². The molecule has 56 valence electrons. The van der Waals surface area contributed by atoms with Crippen LogP contribution in [-0.2, 0) is 0 Å². The Hall–Kier alpha value is -0.110. The minimum absolute atomic E-state index is 0.594. The molecule has 0 saturated carbocycles. The molecule has 0 unspecified atom stereocenters. The van der Waals surface area contributed by atoms with Crippen LogP contribution in [-0.4, -0.2) is 17.9 Å². The van der Waals surface area contributed by atoms with E-state index in [0.717, 1.165) is 19.3 Å². The van der Waals surface area contributed by atoms with Gasteiger partial charge >= 0.3 is 0 Å². The zero-order valence-electron chi connectivity index (χ0n) is 5.94. The lowest BCUT2D eigenvalue weighted by molar-refractivity contribution is 0.128. The SMILES string of the molecule is CCCCC[C@H](O)CF. The van der Waals surface area contributed by atoms with Gasteiger partial charge in [-0.15, -0.1) is 0 Å². The summed E-state index contributed by atoms with van der Waals surface area (Å²) in [5.74, 6) is 0. The monoisotopic (exact) mass is 134 g/mol. The van der Waals surface area contributed by atoms with Crippen LogP contribution in [0.25, 0.3) is 0 Å². The van der Waals surface area contributed by atoms with Crippen molar-refractivity contribution in [3.8, 4) is 0 Å². The van der Waals surface area contributed by atoms with Gasteiger partial charge in [0.15, 0.2) is 0 Å². The molecule has 0 bridgehead atoms. The number of rotatable bonds is 5. The fourth-order valence-corrected chi connectivity index (χ4v) is 0.707. The highest BCUT2D eigenvalue weighted by Gasteiger charge is 2.00. The summed E-state index contributed by atoms with van der Waals surface area (Å²) in [5, 5.41) is 8.71. The third-order valence-corrected chi connectivity index (χ3v) is 1.32. The quantitative estimate of drug-likeness (QED) is 0.569. The lowest BCUT2D eigenvalue weighted by atomic mass is 10.1. The van der Waals surface area contributed by atoms with Crippen molar-refractivity contribution < 1.29 is 9.50 Å². The van der Waals surface area contributed by atoms with Crippen molar-refractivity contribution in [3.05, 3.63) is 0 Å². The summed E-state index contributed by atoms with van der Waals surface area (Å²) in [7, 11) is 0. The van der Waals surface area contributed by atoms with Gasteiger partial charge in [0.05, 0.1) is 6.10 Å². The van der Waals surface area contributed by atoms with Crippen LogP contribution in [0.2, 0.25) is 0 Å². The molecule has 0 amide bonds. The molecule has 0 rings (SSSR count). The molecule has 0 aromatic rings. The van der Waals surface area contributed by atoms with Crippen LogP contribution in [0.15, 0.2) is 0 Å². The van der Waals surface area contributed by atoms with Crippen LogP contribution < -0.4 is 0 Å². The molecule has 0 aromatic heterocycles. The molecule has 0 heterocycles. The minimum atomic E-state index is -0.712. The Morgan fingerprint density at radius 2 is 2.11 bits per heavy atom. The Morgan fingerprint density at radius 1 is 1.44 bits per heavy atom. The van der Waals surface area contributed by atoms with Crippen LogP contribution in [0.4, 0.5) is 4.39 Å². The second-order valence-electron chi connectivity index (χ2n) is 2.30. The van der Waals surface area contributed by atoms with E-state index < -0.39 is 12.8 Å². The molecule has 0 aliphatic heterocycles. The standard InChI is InChI=1S/C7H15FO/c1-2-3-4-5-7(9)6-8/h7,9H,2-6H2,1H3/t7-/m0/s1. The van der Waals surface area contributed by atoms with E-state index in [0.29, 0.717) is 6.42 Å². The van der Waals surface area contributed by atoms with E-state index in [1.165, 1.54) is 0 Å². The third kappa shape index (κ3) is 5.77.